The van der Waals surface area contributed by atoms with E-state index >= 15 is 0 Å². The van der Waals surface area contributed by atoms with E-state index < -0.39 is 5.60 Å². The Balaban J connectivity index is 1.19. The minimum atomic E-state index is -1.07. The Bertz CT molecular complexity index is 1150. The quantitative estimate of drug-likeness (QED) is 0.456. The molecule has 5 nitrogen and oxygen atoms in total. The summed E-state index contributed by atoms with van der Waals surface area (Å²) in [5, 5.41) is 22.9. The van der Waals surface area contributed by atoms with E-state index in [2.05, 4.69) is 4.90 Å². The van der Waals surface area contributed by atoms with E-state index in [4.69, 9.17) is 11.6 Å². The number of phenols is 1. The molecule has 5 rings (SSSR count). The summed E-state index contributed by atoms with van der Waals surface area (Å²) in [5.74, 6) is 0.569. The molecule has 3 aromatic carbocycles. The van der Waals surface area contributed by atoms with Gasteiger partial charge in [0.2, 0.25) is 5.91 Å². The van der Waals surface area contributed by atoms with E-state index in [1.165, 1.54) is 0 Å². The molecule has 37 heavy (non-hydrogen) atoms. The SMILES string of the molecule is O=C(C1CCN(Cc2cc(Cl)ccc2O)CC1)N1CCC(C(O)(c2ccccc2)c2ccccc2)CC1. The van der Waals surface area contributed by atoms with Crippen molar-refractivity contribution in [2.45, 2.75) is 37.8 Å². The molecule has 0 unspecified atom stereocenters. The molecular weight excluding hydrogens is 484 g/mol. The van der Waals surface area contributed by atoms with Gasteiger partial charge in [-0.3, -0.25) is 9.69 Å². The van der Waals surface area contributed by atoms with Gasteiger partial charge in [0.15, 0.2) is 0 Å². The molecule has 2 aliphatic heterocycles. The van der Waals surface area contributed by atoms with Gasteiger partial charge in [-0.2, -0.15) is 0 Å². The summed E-state index contributed by atoms with van der Waals surface area (Å²) < 4.78 is 0. The minimum absolute atomic E-state index is 0.0305. The normalized spacial score (nSPS) is 18.2. The molecule has 1 amide bonds. The lowest BCUT2D eigenvalue weighted by molar-refractivity contribution is -0.140. The molecule has 6 heteroatoms. The number of halogens is 1. The fourth-order valence-corrected chi connectivity index (χ4v) is 6.25. The molecule has 2 heterocycles. The summed E-state index contributed by atoms with van der Waals surface area (Å²) in [6.45, 7) is 3.61. The van der Waals surface area contributed by atoms with Crippen LogP contribution in [-0.2, 0) is 16.9 Å². The van der Waals surface area contributed by atoms with Crippen molar-refractivity contribution in [2.75, 3.05) is 26.2 Å². The van der Waals surface area contributed by atoms with Gasteiger partial charge in [0.05, 0.1) is 0 Å². The van der Waals surface area contributed by atoms with E-state index in [9.17, 15) is 15.0 Å². The summed E-state index contributed by atoms with van der Waals surface area (Å²) in [7, 11) is 0. The van der Waals surface area contributed by atoms with Crippen LogP contribution in [0.3, 0.4) is 0 Å². The number of rotatable bonds is 6. The molecule has 0 atom stereocenters. The van der Waals surface area contributed by atoms with E-state index in [1.54, 1.807) is 12.1 Å². The molecular formula is C31H35ClN2O3. The molecule has 0 spiro atoms. The van der Waals surface area contributed by atoms with Gasteiger partial charge < -0.3 is 15.1 Å². The van der Waals surface area contributed by atoms with Crippen molar-refractivity contribution >= 4 is 17.5 Å². The summed E-state index contributed by atoms with van der Waals surface area (Å²) in [5.41, 5.74) is 1.56. The third kappa shape index (κ3) is 5.54. The molecule has 0 aromatic heterocycles. The van der Waals surface area contributed by atoms with Gasteiger partial charge >= 0.3 is 0 Å². The van der Waals surface area contributed by atoms with E-state index in [1.807, 2.05) is 71.6 Å². The summed E-state index contributed by atoms with van der Waals surface area (Å²) in [4.78, 5) is 17.7. The van der Waals surface area contributed by atoms with Gasteiger partial charge in [-0.05, 0) is 74.0 Å². The van der Waals surface area contributed by atoms with Crippen molar-refractivity contribution in [2.24, 2.45) is 11.8 Å². The van der Waals surface area contributed by atoms with Gasteiger partial charge in [-0.25, -0.2) is 0 Å². The predicted molar refractivity (Wildman–Crippen MR) is 146 cm³/mol. The van der Waals surface area contributed by atoms with Crippen LogP contribution in [0.25, 0.3) is 0 Å². The van der Waals surface area contributed by atoms with Gasteiger partial charge in [0, 0.05) is 36.1 Å². The zero-order chi connectivity index (χ0) is 25.8. The first kappa shape index (κ1) is 25.8. The van der Waals surface area contributed by atoms with Crippen LogP contribution < -0.4 is 0 Å². The minimum Gasteiger partial charge on any atom is -0.508 e. The van der Waals surface area contributed by atoms with Crippen LogP contribution in [0.5, 0.6) is 5.75 Å². The fraction of sp³-hybridized carbons (Fsp3) is 0.387. The lowest BCUT2D eigenvalue weighted by atomic mass is 9.72. The number of amides is 1. The highest BCUT2D eigenvalue weighted by molar-refractivity contribution is 6.30. The number of aromatic hydroxyl groups is 1. The third-order valence-electron chi connectivity index (χ3n) is 8.20. The number of piperidine rings is 2. The highest BCUT2D eigenvalue weighted by atomic mass is 35.5. The van der Waals surface area contributed by atoms with Crippen LogP contribution in [0.2, 0.25) is 5.02 Å². The summed E-state index contributed by atoms with van der Waals surface area (Å²) >= 11 is 6.10. The van der Waals surface area contributed by atoms with Crippen LogP contribution >= 0.6 is 11.6 Å². The first-order valence-electron chi connectivity index (χ1n) is 13.3. The van der Waals surface area contributed by atoms with Crippen LogP contribution in [0.15, 0.2) is 78.9 Å². The van der Waals surface area contributed by atoms with Crippen molar-refractivity contribution < 1.29 is 15.0 Å². The van der Waals surface area contributed by atoms with Crippen molar-refractivity contribution in [3.63, 3.8) is 0 Å². The second-order valence-electron chi connectivity index (χ2n) is 10.4. The Hall–Kier alpha value is -2.86. The number of carbonyl (C=O) groups excluding carboxylic acids is 1. The lowest BCUT2D eigenvalue weighted by Gasteiger charge is -2.43. The number of carbonyl (C=O) groups is 1. The number of hydrogen-bond acceptors (Lipinski definition) is 4. The number of aliphatic hydroxyl groups is 1. The van der Waals surface area contributed by atoms with Gasteiger partial charge in [0.25, 0.3) is 0 Å². The first-order valence-corrected chi connectivity index (χ1v) is 13.6. The van der Waals surface area contributed by atoms with Crippen molar-refractivity contribution in [3.05, 3.63) is 101 Å². The summed E-state index contributed by atoms with van der Waals surface area (Å²) in [6, 6.07) is 25.0. The second kappa shape index (κ2) is 11.3. The lowest BCUT2D eigenvalue weighted by Crippen LogP contribution is -2.48. The number of phenolic OH excluding ortho intramolecular Hbond substituents is 1. The first-order chi connectivity index (χ1) is 17.9. The molecule has 3 aromatic rings. The smallest absolute Gasteiger partial charge is 0.225 e. The number of benzene rings is 3. The Morgan fingerprint density at radius 2 is 1.41 bits per heavy atom. The molecule has 0 bridgehead atoms. The van der Waals surface area contributed by atoms with E-state index in [0.717, 1.165) is 55.5 Å². The topological polar surface area (TPSA) is 64.0 Å². The monoisotopic (exact) mass is 518 g/mol. The standard InChI is InChI=1S/C31H35ClN2O3/c32-28-11-12-29(35)24(21-28)22-33-17-13-23(14-18-33)30(36)34-19-15-27(16-20-34)31(37,25-7-3-1-4-8-25)26-9-5-2-6-10-26/h1-12,21,23,27,35,37H,13-20,22H2. The molecule has 2 saturated heterocycles. The number of likely N-dealkylation sites (tertiary alicyclic amines) is 2. The van der Waals surface area contributed by atoms with Crippen LogP contribution in [0, 0.1) is 11.8 Å². The number of nitrogens with zero attached hydrogens (tertiary/aromatic N) is 2. The molecule has 2 aliphatic rings. The highest BCUT2D eigenvalue weighted by Gasteiger charge is 2.42. The maximum absolute atomic E-state index is 13.4. The third-order valence-corrected chi connectivity index (χ3v) is 8.43. The Kier molecular flexibility index (Phi) is 7.84. The molecule has 0 aliphatic carbocycles. The van der Waals surface area contributed by atoms with Crippen LogP contribution in [0.4, 0.5) is 0 Å². The summed E-state index contributed by atoms with van der Waals surface area (Å²) in [6.07, 6.45) is 3.16. The molecule has 0 radical (unpaired) electrons. The highest BCUT2D eigenvalue weighted by Crippen LogP contribution is 2.42. The Morgan fingerprint density at radius 1 is 0.838 bits per heavy atom. The maximum Gasteiger partial charge on any atom is 0.225 e. The number of hydrogen-bond donors (Lipinski definition) is 2. The van der Waals surface area contributed by atoms with E-state index in [-0.39, 0.29) is 23.5 Å². The Labute approximate surface area is 224 Å². The van der Waals surface area contributed by atoms with Gasteiger partial charge in [0.1, 0.15) is 11.4 Å². The molecule has 2 fully saturated rings. The van der Waals surface area contributed by atoms with E-state index in [0.29, 0.717) is 24.7 Å². The molecule has 194 valence electrons. The van der Waals surface area contributed by atoms with Crippen molar-refractivity contribution in [3.8, 4) is 5.75 Å². The maximum atomic E-state index is 13.4. The van der Waals surface area contributed by atoms with Crippen molar-refractivity contribution in [1.82, 2.24) is 9.80 Å². The Morgan fingerprint density at radius 3 is 1.97 bits per heavy atom. The zero-order valence-corrected chi connectivity index (χ0v) is 21.9. The fourth-order valence-electron chi connectivity index (χ4n) is 6.06. The second-order valence-corrected chi connectivity index (χ2v) is 10.9. The van der Waals surface area contributed by atoms with Gasteiger partial charge in [-0.1, -0.05) is 72.3 Å². The van der Waals surface area contributed by atoms with Crippen LogP contribution in [-0.4, -0.2) is 52.1 Å². The molecule has 0 saturated carbocycles. The average molecular weight is 519 g/mol. The molecule has 2 N–H and O–H groups in total. The van der Waals surface area contributed by atoms with Gasteiger partial charge in [-0.15, -0.1) is 0 Å². The van der Waals surface area contributed by atoms with Crippen LogP contribution in [0.1, 0.15) is 42.4 Å². The zero-order valence-electron chi connectivity index (χ0n) is 21.1. The average Bonchev–Trinajstić information content (AvgIpc) is 2.95. The largest absolute Gasteiger partial charge is 0.508 e. The predicted octanol–water partition coefficient (Wildman–Crippen LogP) is 5.43. The van der Waals surface area contributed by atoms with Crippen molar-refractivity contribution in [1.29, 1.82) is 0 Å².